The van der Waals surface area contributed by atoms with Crippen molar-refractivity contribution in [3.8, 4) is 0 Å². The van der Waals surface area contributed by atoms with Crippen LogP contribution < -0.4 is 5.32 Å². The van der Waals surface area contributed by atoms with Gasteiger partial charge in [0, 0.05) is 13.3 Å². The molecule has 0 fully saturated rings. The lowest BCUT2D eigenvalue weighted by Gasteiger charge is -2.38. The number of rotatable bonds is 6. The van der Waals surface area contributed by atoms with Crippen LogP contribution in [0, 0.1) is 0 Å². The van der Waals surface area contributed by atoms with Gasteiger partial charge >= 0.3 is 0 Å². The molecular weight excluding hydrogens is 278 g/mol. The molecule has 0 spiro atoms. The average molecular weight is 301 g/mol. The lowest BCUT2D eigenvalue weighted by Crippen LogP contribution is -2.59. The largest absolute Gasteiger partial charge is 0.490 e. The van der Waals surface area contributed by atoms with Crippen LogP contribution in [0.15, 0.2) is 11.8 Å². The Morgan fingerprint density at radius 1 is 1.38 bits per heavy atom. The number of nitrogens with one attached hydrogen (secondary N) is 1. The van der Waals surface area contributed by atoms with Crippen LogP contribution in [0.5, 0.6) is 0 Å². The van der Waals surface area contributed by atoms with Gasteiger partial charge in [-0.3, -0.25) is 4.79 Å². The van der Waals surface area contributed by atoms with Crippen LogP contribution in [-0.4, -0.2) is 57.5 Å². The molecule has 0 aromatic heterocycles. The second-order valence-electron chi connectivity index (χ2n) is 5.38. The second-order valence-corrected chi connectivity index (χ2v) is 5.38. The summed E-state index contributed by atoms with van der Waals surface area (Å²) in [4.78, 5) is 22.1. The van der Waals surface area contributed by atoms with Crippen LogP contribution >= 0.6 is 0 Å². The Labute approximate surface area is 123 Å². The zero-order valence-electron chi connectivity index (χ0n) is 12.4. The molecule has 1 aliphatic rings. The normalized spacial score (nSPS) is 28.1. The van der Waals surface area contributed by atoms with Crippen molar-refractivity contribution >= 4 is 11.7 Å². The van der Waals surface area contributed by atoms with Crippen LogP contribution in [0.2, 0.25) is 0 Å². The molecule has 0 aromatic carbocycles. The van der Waals surface area contributed by atoms with E-state index < -0.39 is 30.5 Å². The maximum atomic E-state index is 11.2. The van der Waals surface area contributed by atoms with Gasteiger partial charge in [0.25, 0.3) is 0 Å². The number of amides is 1. The number of carbonyl (C=O) groups is 2. The van der Waals surface area contributed by atoms with E-state index in [1.165, 1.54) is 19.9 Å². The van der Waals surface area contributed by atoms with E-state index in [1.807, 2.05) is 0 Å². The highest BCUT2D eigenvalue weighted by molar-refractivity contribution is 5.75. The van der Waals surface area contributed by atoms with Crippen LogP contribution in [0.3, 0.4) is 0 Å². The minimum Gasteiger partial charge on any atom is -0.490 e. The van der Waals surface area contributed by atoms with Gasteiger partial charge in [0.05, 0.1) is 24.0 Å². The third-order valence-electron chi connectivity index (χ3n) is 3.34. The standard InChI is InChI=1S/C14H23NO6/c1-7(16)4-5-10(18)13(20)14-12(15-9(3)17)11(19)6-8(2)21-14/h6,10-14,18-20H,4-5H2,1-3H3,(H,15,17)/t10-,11?,12-,13-,14?/m1/s1. The van der Waals surface area contributed by atoms with Gasteiger partial charge in [-0.1, -0.05) is 0 Å². The second kappa shape index (κ2) is 7.53. The number of aliphatic hydroxyl groups is 3. The quantitative estimate of drug-likeness (QED) is 0.513. The van der Waals surface area contributed by atoms with E-state index in [4.69, 9.17) is 4.74 Å². The highest BCUT2D eigenvalue weighted by atomic mass is 16.5. The first-order valence-electron chi connectivity index (χ1n) is 6.88. The molecule has 5 atom stereocenters. The molecule has 2 unspecified atom stereocenters. The number of hydrogen-bond donors (Lipinski definition) is 4. The molecule has 0 aromatic rings. The minimum absolute atomic E-state index is 0.0853. The smallest absolute Gasteiger partial charge is 0.217 e. The summed E-state index contributed by atoms with van der Waals surface area (Å²) in [5, 5.41) is 32.6. The minimum atomic E-state index is -1.33. The third-order valence-corrected chi connectivity index (χ3v) is 3.34. The predicted molar refractivity (Wildman–Crippen MR) is 74.2 cm³/mol. The first-order chi connectivity index (χ1) is 9.72. The molecule has 1 heterocycles. The maximum Gasteiger partial charge on any atom is 0.217 e. The van der Waals surface area contributed by atoms with Crippen molar-refractivity contribution in [2.24, 2.45) is 0 Å². The first-order valence-corrected chi connectivity index (χ1v) is 6.88. The summed E-state index contributed by atoms with van der Waals surface area (Å²) < 4.78 is 5.45. The zero-order valence-corrected chi connectivity index (χ0v) is 12.4. The van der Waals surface area contributed by atoms with E-state index in [-0.39, 0.29) is 24.5 Å². The van der Waals surface area contributed by atoms with Gasteiger partial charge in [-0.15, -0.1) is 0 Å². The molecule has 0 saturated heterocycles. The third kappa shape index (κ3) is 5.11. The molecule has 0 bridgehead atoms. The summed E-state index contributed by atoms with van der Waals surface area (Å²) in [6.07, 6.45) is -2.90. The van der Waals surface area contributed by atoms with Crippen molar-refractivity contribution in [2.75, 3.05) is 0 Å². The molecule has 0 saturated carbocycles. The molecule has 1 aliphatic heterocycles. The van der Waals surface area contributed by atoms with E-state index in [2.05, 4.69) is 5.32 Å². The summed E-state index contributed by atoms with van der Waals surface area (Å²) >= 11 is 0. The molecular formula is C14H23NO6. The molecule has 0 aliphatic carbocycles. The number of aliphatic hydroxyl groups excluding tert-OH is 3. The van der Waals surface area contributed by atoms with Crippen LogP contribution in [0.4, 0.5) is 0 Å². The zero-order chi connectivity index (χ0) is 16.2. The van der Waals surface area contributed by atoms with Gasteiger partial charge in [0.15, 0.2) is 0 Å². The van der Waals surface area contributed by atoms with Gasteiger partial charge < -0.3 is 30.2 Å². The maximum absolute atomic E-state index is 11.2. The summed E-state index contributed by atoms with van der Waals surface area (Å²) in [6, 6.07) is -0.867. The fourth-order valence-electron chi connectivity index (χ4n) is 2.29. The van der Waals surface area contributed by atoms with E-state index >= 15 is 0 Å². The Kier molecular flexibility index (Phi) is 6.32. The Morgan fingerprint density at radius 3 is 2.52 bits per heavy atom. The number of carbonyl (C=O) groups excluding carboxylic acids is 2. The van der Waals surface area contributed by atoms with Gasteiger partial charge in [0.2, 0.25) is 5.91 Å². The summed E-state index contributed by atoms with van der Waals surface area (Å²) in [6.45, 7) is 4.29. The van der Waals surface area contributed by atoms with Crippen molar-refractivity contribution in [1.82, 2.24) is 5.32 Å². The number of hydrogen-bond acceptors (Lipinski definition) is 6. The lowest BCUT2D eigenvalue weighted by molar-refractivity contribution is -0.130. The van der Waals surface area contributed by atoms with Gasteiger partial charge in [-0.25, -0.2) is 0 Å². The van der Waals surface area contributed by atoms with Crippen LogP contribution in [0.1, 0.15) is 33.6 Å². The van der Waals surface area contributed by atoms with Gasteiger partial charge in [-0.2, -0.15) is 0 Å². The lowest BCUT2D eigenvalue weighted by atomic mass is 9.92. The summed E-state index contributed by atoms with van der Waals surface area (Å²) in [5.74, 6) is -0.0849. The monoisotopic (exact) mass is 301 g/mol. The average Bonchev–Trinajstić information content (AvgIpc) is 2.37. The number of ether oxygens (including phenoxy) is 1. The molecule has 1 amide bonds. The van der Waals surface area contributed by atoms with E-state index in [1.54, 1.807) is 6.92 Å². The number of Topliss-reactive ketones (excluding diaryl/α,β-unsaturated/α-hetero) is 1. The highest BCUT2D eigenvalue weighted by Gasteiger charge is 2.40. The first kappa shape index (κ1) is 17.6. The Balaban J connectivity index is 2.81. The Bertz CT molecular complexity index is 422. The fourth-order valence-corrected chi connectivity index (χ4v) is 2.29. The number of ketones is 1. The van der Waals surface area contributed by atoms with Crippen LogP contribution in [-0.2, 0) is 14.3 Å². The SMILES string of the molecule is CC(=O)CC[C@@H](O)[C@@H](O)C1OC(C)=CC(O)[C@H]1NC(C)=O. The summed E-state index contributed by atoms with van der Waals surface area (Å²) in [7, 11) is 0. The highest BCUT2D eigenvalue weighted by Crippen LogP contribution is 2.23. The topological polar surface area (TPSA) is 116 Å². The van der Waals surface area contributed by atoms with Crippen molar-refractivity contribution < 1.29 is 29.6 Å². The van der Waals surface area contributed by atoms with Crippen LogP contribution in [0.25, 0.3) is 0 Å². The Hall–Kier alpha value is -1.44. The van der Waals surface area contributed by atoms with Crippen molar-refractivity contribution in [3.63, 3.8) is 0 Å². The summed E-state index contributed by atoms with van der Waals surface area (Å²) in [5.41, 5.74) is 0. The molecule has 7 nitrogen and oxygen atoms in total. The molecule has 21 heavy (non-hydrogen) atoms. The van der Waals surface area contributed by atoms with E-state index in [9.17, 15) is 24.9 Å². The molecule has 7 heteroatoms. The number of allylic oxidation sites excluding steroid dienone is 1. The van der Waals surface area contributed by atoms with Crippen molar-refractivity contribution in [1.29, 1.82) is 0 Å². The Morgan fingerprint density at radius 2 is 2.00 bits per heavy atom. The molecule has 120 valence electrons. The molecule has 4 N–H and O–H groups in total. The van der Waals surface area contributed by atoms with Gasteiger partial charge in [-0.05, 0) is 26.3 Å². The van der Waals surface area contributed by atoms with Gasteiger partial charge in [0.1, 0.15) is 18.0 Å². The molecule has 1 rings (SSSR count). The van der Waals surface area contributed by atoms with Crippen molar-refractivity contribution in [3.05, 3.63) is 11.8 Å². The van der Waals surface area contributed by atoms with E-state index in [0.29, 0.717) is 5.76 Å². The molecule has 0 radical (unpaired) electrons. The predicted octanol–water partition coefficient (Wildman–Crippen LogP) is -0.754. The van der Waals surface area contributed by atoms with E-state index in [0.717, 1.165) is 0 Å². The van der Waals surface area contributed by atoms with Crippen molar-refractivity contribution in [2.45, 2.75) is 64.1 Å². The fraction of sp³-hybridized carbons (Fsp3) is 0.714.